The van der Waals surface area contributed by atoms with E-state index < -0.39 is 23.7 Å². The van der Waals surface area contributed by atoms with Crippen LogP contribution in [0.5, 0.6) is 0 Å². The Balaban J connectivity index is 2.97. The molecule has 0 aliphatic heterocycles. The molecule has 0 saturated heterocycles. The minimum atomic E-state index is -4.70. The Morgan fingerprint density at radius 2 is 1.82 bits per heavy atom. The van der Waals surface area contributed by atoms with E-state index in [9.17, 15) is 22.7 Å². The van der Waals surface area contributed by atoms with E-state index in [1.807, 2.05) is 13.8 Å². The van der Waals surface area contributed by atoms with Gasteiger partial charge in [-0.1, -0.05) is 19.9 Å². The Bertz CT molecular complexity index is 385. The predicted molar refractivity (Wildman–Crippen MR) is 55.8 cm³/mol. The first kappa shape index (κ1) is 14.0. The van der Waals surface area contributed by atoms with Crippen LogP contribution in [0.3, 0.4) is 0 Å². The van der Waals surface area contributed by atoms with Gasteiger partial charge in [-0.25, -0.2) is 4.39 Å². The first-order chi connectivity index (χ1) is 7.71. The summed E-state index contributed by atoms with van der Waals surface area (Å²) in [6.45, 7) is 3.73. The molecule has 1 unspecified atom stereocenters. The molecule has 17 heavy (non-hydrogen) atoms. The zero-order valence-corrected chi connectivity index (χ0v) is 9.55. The van der Waals surface area contributed by atoms with Crippen LogP contribution in [0.2, 0.25) is 0 Å². The van der Waals surface area contributed by atoms with Crippen LogP contribution in [0.4, 0.5) is 17.6 Å². The third-order valence-electron chi connectivity index (χ3n) is 2.38. The second kappa shape index (κ2) is 5.04. The van der Waals surface area contributed by atoms with E-state index in [-0.39, 0.29) is 11.5 Å². The predicted octanol–water partition coefficient (Wildman–Crippen LogP) is 3.92. The smallest absolute Gasteiger partial charge is 0.388 e. The summed E-state index contributed by atoms with van der Waals surface area (Å²) in [5.74, 6) is -1.17. The summed E-state index contributed by atoms with van der Waals surface area (Å²) in [5.41, 5.74) is -1.14. The molecule has 0 fully saturated rings. The number of aliphatic hydroxyl groups is 1. The molecule has 0 radical (unpaired) electrons. The number of benzene rings is 1. The zero-order chi connectivity index (χ0) is 13.2. The lowest BCUT2D eigenvalue weighted by Crippen LogP contribution is -2.10. The van der Waals surface area contributed by atoms with E-state index in [1.165, 1.54) is 0 Å². The van der Waals surface area contributed by atoms with Gasteiger partial charge >= 0.3 is 6.18 Å². The van der Waals surface area contributed by atoms with Crippen LogP contribution in [-0.4, -0.2) is 5.11 Å². The minimum absolute atomic E-state index is 0.171. The third-order valence-corrected chi connectivity index (χ3v) is 2.38. The summed E-state index contributed by atoms with van der Waals surface area (Å²) in [5, 5.41) is 9.66. The highest BCUT2D eigenvalue weighted by molar-refractivity contribution is 5.27. The average molecular weight is 250 g/mol. The van der Waals surface area contributed by atoms with Crippen LogP contribution in [0.15, 0.2) is 18.2 Å². The van der Waals surface area contributed by atoms with Gasteiger partial charge in [-0.3, -0.25) is 0 Å². The molecule has 0 bridgehead atoms. The van der Waals surface area contributed by atoms with Crippen molar-refractivity contribution in [1.29, 1.82) is 0 Å². The lowest BCUT2D eigenvalue weighted by atomic mass is 9.98. The van der Waals surface area contributed by atoms with Crippen molar-refractivity contribution in [2.45, 2.75) is 32.5 Å². The topological polar surface area (TPSA) is 20.2 Å². The Morgan fingerprint density at radius 1 is 1.24 bits per heavy atom. The normalized spacial score (nSPS) is 14.1. The molecular formula is C12H14F4O. The molecule has 1 rings (SSSR count). The molecule has 0 spiro atoms. The summed E-state index contributed by atoms with van der Waals surface area (Å²) in [4.78, 5) is 0. The summed E-state index contributed by atoms with van der Waals surface area (Å²) < 4.78 is 50.1. The van der Waals surface area contributed by atoms with Crippen molar-refractivity contribution in [3.63, 3.8) is 0 Å². The third kappa shape index (κ3) is 3.70. The standard InChI is InChI=1S/C12H14F4O/c1-7(2)5-11(17)8-3-4-9(10(13)6-8)12(14,15)16/h3-4,6-7,11,17H,5H2,1-2H3. The molecule has 0 aliphatic rings. The van der Waals surface area contributed by atoms with E-state index >= 15 is 0 Å². The van der Waals surface area contributed by atoms with Gasteiger partial charge < -0.3 is 5.11 Å². The highest BCUT2D eigenvalue weighted by Crippen LogP contribution is 2.33. The minimum Gasteiger partial charge on any atom is -0.388 e. The van der Waals surface area contributed by atoms with Gasteiger partial charge in [0.2, 0.25) is 0 Å². The van der Waals surface area contributed by atoms with E-state index in [1.54, 1.807) is 0 Å². The van der Waals surface area contributed by atoms with Crippen LogP contribution in [0.1, 0.15) is 37.5 Å². The molecule has 1 nitrogen and oxygen atoms in total. The number of hydrogen-bond acceptors (Lipinski definition) is 1. The fourth-order valence-electron chi connectivity index (χ4n) is 1.55. The lowest BCUT2D eigenvalue weighted by molar-refractivity contribution is -0.140. The van der Waals surface area contributed by atoms with Gasteiger partial charge in [0.1, 0.15) is 5.82 Å². The Hall–Kier alpha value is -1.10. The van der Waals surface area contributed by atoms with Crippen molar-refractivity contribution in [1.82, 2.24) is 0 Å². The maximum Gasteiger partial charge on any atom is 0.419 e. The van der Waals surface area contributed by atoms with Crippen LogP contribution in [0, 0.1) is 11.7 Å². The molecule has 5 heteroatoms. The molecule has 1 N–H and O–H groups in total. The van der Waals surface area contributed by atoms with Crippen molar-refractivity contribution in [2.75, 3.05) is 0 Å². The van der Waals surface area contributed by atoms with Gasteiger partial charge in [-0.15, -0.1) is 0 Å². The molecule has 0 amide bonds. The average Bonchev–Trinajstić information content (AvgIpc) is 2.14. The van der Waals surface area contributed by atoms with Gasteiger partial charge in [0.05, 0.1) is 11.7 Å². The zero-order valence-electron chi connectivity index (χ0n) is 9.55. The Kier molecular flexibility index (Phi) is 4.14. The molecule has 1 aromatic carbocycles. The maximum absolute atomic E-state index is 13.2. The molecule has 1 atom stereocenters. The van der Waals surface area contributed by atoms with Crippen LogP contribution in [-0.2, 0) is 6.18 Å². The fraction of sp³-hybridized carbons (Fsp3) is 0.500. The van der Waals surface area contributed by atoms with Crippen LogP contribution < -0.4 is 0 Å². The fourth-order valence-corrected chi connectivity index (χ4v) is 1.55. The Morgan fingerprint density at radius 3 is 2.24 bits per heavy atom. The molecular weight excluding hydrogens is 236 g/mol. The number of halogens is 4. The van der Waals surface area contributed by atoms with Gasteiger partial charge in [0, 0.05) is 0 Å². The van der Waals surface area contributed by atoms with E-state index in [2.05, 4.69) is 0 Å². The summed E-state index contributed by atoms with van der Waals surface area (Å²) in [6, 6.07) is 2.52. The van der Waals surface area contributed by atoms with Crippen molar-refractivity contribution in [3.8, 4) is 0 Å². The molecule has 0 saturated carbocycles. The monoisotopic (exact) mass is 250 g/mol. The first-order valence-electron chi connectivity index (χ1n) is 5.26. The number of aliphatic hydroxyl groups excluding tert-OH is 1. The second-order valence-electron chi connectivity index (χ2n) is 4.38. The van der Waals surface area contributed by atoms with E-state index in [0.29, 0.717) is 12.5 Å². The highest BCUT2D eigenvalue weighted by atomic mass is 19.4. The van der Waals surface area contributed by atoms with Crippen molar-refractivity contribution in [2.24, 2.45) is 5.92 Å². The Labute approximate surface area is 97.1 Å². The summed E-state index contributed by atoms with van der Waals surface area (Å²) in [7, 11) is 0. The quantitative estimate of drug-likeness (QED) is 0.806. The van der Waals surface area contributed by atoms with Gasteiger partial charge in [-0.2, -0.15) is 13.2 Å². The van der Waals surface area contributed by atoms with Gasteiger partial charge in [0.15, 0.2) is 0 Å². The number of rotatable bonds is 3. The molecule has 0 aromatic heterocycles. The molecule has 1 aromatic rings. The van der Waals surface area contributed by atoms with Gasteiger partial charge in [-0.05, 0) is 30.0 Å². The maximum atomic E-state index is 13.2. The highest BCUT2D eigenvalue weighted by Gasteiger charge is 2.34. The lowest BCUT2D eigenvalue weighted by Gasteiger charge is -2.15. The molecule has 0 aliphatic carbocycles. The SMILES string of the molecule is CC(C)CC(O)c1ccc(C(F)(F)F)c(F)c1. The summed E-state index contributed by atoms with van der Waals surface area (Å²) >= 11 is 0. The summed E-state index contributed by atoms with van der Waals surface area (Å²) in [6.07, 6.45) is -5.26. The van der Waals surface area contributed by atoms with E-state index in [4.69, 9.17) is 0 Å². The van der Waals surface area contributed by atoms with E-state index in [0.717, 1.165) is 12.1 Å². The molecule has 0 heterocycles. The second-order valence-corrected chi connectivity index (χ2v) is 4.38. The van der Waals surface area contributed by atoms with Crippen LogP contribution in [0.25, 0.3) is 0 Å². The number of alkyl halides is 3. The van der Waals surface area contributed by atoms with Crippen LogP contribution >= 0.6 is 0 Å². The largest absolute Gasteiger partial charge is 0.419 e. The number of hydrogen-bond donors (Lipinski definition) is 1. The van der Waals surface area contributed by atoms with Gasteiger partial charge in [0.25, 0.3) is 0 Å². The molecule has 96 valence electrons. The van der Waals surface area contributed by atoms with Crippen molar-refractivity contribution >= 4 is 0 Å². The van der Waals surface area contributed by atoms with Crippen molar-refractivity contribution in [3.05, 3.63) is 35.1 Å². The first-order valence-corrected chi connectivity index (χ1v) is 5.26. The van der Waals surface area contributed by atoms with Crippen molar-refractivity contribution < 1.29 is 22.7 Å².